The molecule has 0 radical (unpaired) electrons. The van der Waals surface area contributed by atoms with Gasteiger partial charge in [-0.15, -0.1) is 0 Å². The molecule has 1 aromatic rings. The zero-order valence-electron chi connectivity index (χ0n) is 10.9. The molecule has 0 aliphatic heterocycles. The number of hydrogen-bond donors (Lipinski definition) is 1. The van der Waals surface area contributed by atoms with E-state index in [0.29, 0.717) is 18.3 Å². The molecule has 0 aromatic carbocycles. The summed E-state index contributed by atoms with van der Waals surface area (Å²) in [4.78, 5) is 8.32. The van der Waals surface area contributed by atoms with Crippen molar-refractivity contribution in [1.82, 2.24) is 9.97 Å². The molecule has 1 unspecified atom stereocenters. The molecule has 0 spiro atoms. The van der Waals surface area contributed by atoms with Gasteiger partial charge in [-0.05, 0) is 12.3 Å². The van der Waals surface area contributed by atoms with Crippen LogP contribution in [0.4, 0.5) is 0 Å². The number of aromatic nitrogens is 2. The third-order valence-corrected chi connectivity index (χ3v) is 2.90. The zero-order chi connectivity index (χ0) is 12.5. The van der Waals surface area contributed by atoms with E-state index in [1.807, 2.05) is 0 Å². The molecule has 0 amide bonds. The average Bonchev–Trinajstić information content (AvgIpc) is 2.39. The van der Waals surface area contributed by atoms with E-state index in [1.54, 1.807) is 12.4 Å². The van der Waals surface area contributed by atoms with Gasteiger partial charge in [0.25, 0.3) is 0 Å². The van der Waals surface area contributed by atoms with Gasteiger partial charge in [0.15, 0.2) is 0 Å². The van der Waals surface area contributed by atoms with Crippen molar-refractivity contribution in [3.8, 4) is 5.88 Å². The molecule has 0 saturated carbocycles. The summed E-state index contributed by atoms with van der Waals surface area (Å²) in [6, 6.07) is 0. The lowest BCUT2D eigenvalue weighted by molar-refractivity contribution is 0.225. The Morgan fingerprint density at radius 1 is 1.29 bits per heavy atom. The Hall–Kier alpha value is -1.16. The van der Waals surface area contributed by atoms with Crippen molar-refractivity contribution in [2.45, 2.75) is 46.1 Å². The van der Waals surface area contributed by atoms with Crippen molar-refractivity contribution in [1.29, 1.82) is 0 Å². The molecule has 0 aliphatic rings. The highest BCUT2D eigenvalue weighted by Crippen LogP contribution is 2.14. The largest absolute Gasteiger partial charge is 0.476 e. The Bertz CT molecular complexity index is 300. The zero-order valence-corrected chi connectivity index (χ0v) is 10.9. The Morgan fingerprint density at radius 2 is 2.12 bits per heavy atom. The maximum atomic E-state index is 5.64. The maximum absolute atomic E-state index is 5.64. The number of rotatable bonds is 8. The molecule has 1 atom stereocenters. The van der Waals surface area contributed by atoms with E-state index in [2.05, 4.69) is 23.8 Å². The maximum Gasteiger partial charge on any atom is 0.232 e. The van der Waals surface area contributed by atoms with E-state index < -0.39 is 0 Å². The fourth-order valence-corrected chi connectivity index (χ4v) is 1.62. The van der Waals surface area contributed by atoms with E-state index in [9.17, 15) is 0 Å². The van der Waals surface area contributed by atoms with Crippen LogP contribution >= 0.6 is 0 Å². The lowest BCUT2D eigenvalue weighted by Crippen LogP contribution is -2.12. The van der Waals surface area contributed by atoms with Crippen molar-refractivity contribution < 1.29 is 4.74 Å². The topological polar surface area (TPSA) is 61.0 Å². The van der Waals surface area contributed by atoms with Gasteiger partial charge in [0, 0.05) is 6.54 Å². The van der Waals surface area contributed by atoms with Gasteiger partial charge in [0.1, 0.15) is 0 Å². The number of nitrogens with zero attached hydrogens (tertiary/aromatic N) is 2. The van der Waals surface area contributed by atoms with Crippen LogP contribution in [-0.4, -0.2) is 16.6 Å². The molecule has 1 rings (SSSR count). The predicted molar refractivity (Wildman–Crippen MR) is 68.7 cm³/mol. The second-order valence-corrected chi connectivity index (χ2v) is 4.28. The first-order chi connectivity index (χ1) is 8.30. The fraction of sp³-hybridized carbons (Fsp3) is 0.692. The lowest BCUT2D eigenvalue weighted by Gasteiger charge is -2.14. The Labute approximate surface area is 104 Å². The minimum Gasteiger partial charge on any atom is -0.476 e. The minimum atomic E-state index is 0.418. The Balaban J connectivity index is 2.36. The van der Waals surface area contributed by atoms with Crippen molar-refractivity contribution in [3.05, 3.63) is 18.1 Å². The molecule has 4 heteroatoms. The van der Waals surface area contributed by atoms with Gasteiger partial charge >= 0.3 is 0 Å². The summed E-state index contributed by atoms with van der Waals surface area (Å²) >= 11 is 0. The van der Waals surface area contributed by atoms with Gasteiger partial charge in [-0.25, -0.2) is 4.98 Å². The summed E-state index contributed by atoms with van der Waals surface area (Å²) < 4.78 is 5.64. The summed E-state index contributed by atoms with van der Waals surface area (Å²) in [5.41, 5.74) is 6.24. The smallest absolute Gasteiger partial charge is 0.232 e. The molecule has 4 nitrogen and oxygen atoms in total. The van der Waals surface area contributed by atoms with Crippen LogP contribution in [0.25, 0.3) is 0 Å². The normalized spacial score (nSPS) is 12.4. The van der Waals surface area contributed by atoms with Gasteiger partial charge in [-0.1, -0.05) is 33.1 Å². The number of nitrogens with two attached hydrogens (primary N) is 1. The Kier molecular flexibility index (Phi) is 6.55. The third-order valence-electron chi connectivity index (χ3n) is 2.90. The van der Waals surface area contributed by atoms with E-state index in [1.165, 1.54) is 19.3 Å². The average molecular weight is 237 g/mol. The first-order valence-corrected chi connectivity index (χ1v) is 6.43. The van der Waals surface area contributed by atoms with Crippen LogP contribution in [0.2, 0.25) is 0 Å². The van der Waals surface area contributed by atoms with E-state index in [4.69, 9.17) is 10.5 Å². The molecule has 1 heterocycles. The lowest BCUT2D eigenvalue weighted by atomic mass is 10.0. The van der Waals surface area contributed by atoms with Gasteiger partial charge in [-0.3, -0.25) is 4.98 Å². The summed E-state index contributed by atoms with van der Waals surface area (Å²) in [5, 5.41) is 0. The van der Waals surface area contributed by atoms with Crippen LogP contribution in [0, 0.1) is 5.92 Å². The molecule has 0 aliphatic carbocycles. The van der Waals surface area contributed by atoms with E-state index in [0.717, 1.165) is 18.7 Å². The first-order valence-electron chi connectivity index (χ1n) is 6.43. The quantitative estimate of drug-likeness (QED) is 0.754. The summed E-state index contributed by atoms with van der Waals surface area (Å²) in [6.07, 6.45) is 8.19. The number of ether oxygens (including phenoxy) is 1. The van der Waals surface area contributed by atoms with Crippen LogP contribution in [0.15, 0.2) is 12.4 Å². The number of unbranched alkanes of at least 4 members (excludes halogenated alkanes) is 1. The Morgan fingerprint density at radius 3 is 2.65 bits per heavy atom. The van der Waals surface area contributed by atoms with Crippen LogP contribution < -0.4 is 10.5 Å². The van der Waals surface area contributed by atoms with Crippen LogP contribution in [0.1, 0.15) is 45.2 Å². The number of hydrogen-bond acceptors (Lipinski definition) is 4. The molecular weight excluding hydrogens is 214 g/mol. The minimum absolute atomic E-state index is 0.418. The molecular formula is C13H23N3O. The van der Waals surface area contributed by atoms with Crippen molar-refractivity contribution >= 4 is 0 Å². The molecule has 0 fully saturated rings. The van der Waals surface area contributed by atoms with Crippen LogP contribution in [0.5, 0.6) is 5.88 Å². The SMILES string of the molecule is CCCCC(CC)COc1cnc(CN)cn1. The molecule has 17 heavy (non-hydrogen) atoms. The summed E-state index contributed by atoms with van der Waals surface area (Å²) in [6.45, 7) is 5.56. The summed E-state index contributed by atoms with van der Waals surface area (Å²) in [7, 11) is 0. The molecule has 2 N–H and O–H groups in total. The molecule has 96 valence electrons. The fourth-order valence-electron chi connectivity index (χ4n) is 1.62. The highest BCUT2D eigenvalue weighted by atomic mass is 16.5. The molecule has 0 saturated heterocycles. The van der Waals surface area contributed by atoms with Crippen molar-refractivity contribution in [3.63, 3.8) is 0 Å². The van der Waals surface area contributed by atoms with Crippen molar-refractivity contribution in [2.75, 3.05) is 6.61 Å². The van der Waals surface area contributed by atoms with Gasteiger partial charge in [0.05, 0.1) is 24.7 Å². The monoisotopic (exact) mass is 237 g/mol. The van der Waals surface area contributed by atoms with Gasteiger partial charge in [0.2, 0.25) is 5.88 Å². The molecule has 1 aromatic heterocycles. The van der Waals surface area contributed by atoms with E-state index in [-0.39, 0.29) is 0 Å². The second-order valence-electron chi connectivity index (χ2n) is 4.28. The highest BCUT2D eigenvalue weighted by molar-refractivity contribution is 5.06. The van der Waals surface area contributed by atoms with Crippen molar-refractivity contribution in [2.24, 2.45) is 11.7 Å². The summed E-state index contributed by atoms with van der Waals surface area (Å²) in [5.74, 6) is 1.21. The highest BCUT2D eigenvalue weighted by Gasteiger charge is 2.07. The van der Waals surface area contributed by atoms with Crippen LogP contribution in [0.3, 0.4) is 0 Å². The first kappa shape index (κ1) is 13.9. The molecule has 0 bridgehead atoms. The van der Waals surface area contributed by atoms with Gasteiger partial charge < -0.3 is 10.5 Å². The second kappa shape index (κ2) is 8.01. The van der Waals surface area contributed by atoms with Gasteiger partial charge in [-0.2, -0.15) is 0 Å². The standard InChI is InChI=1S/C13H23N3O/c1-3-5-6-11(4-2)10-17-13-9-15-12(7-14)8-16-13/h8-9,11H,3-7,10,14H2,1-2H3. The third kappa shape index (κ3) is 5.13. The van der Waals surface area contributed by atoms with Crippen LogP contribution in [-0.2, 0) is 6.54 Å². The predicted octanol–water partition coefficient (Wildman–Crippen LogP) is 2.53. The van der Waals surface area contributed by atoms with E-state index >= 15 is 0 Å².